The van der Waals surface area contributed by atoms with Crippen molar-refractivity contribution in [2.75, 3.05) is 6.61 Å². The van der Waals surface area contributed by atoms with Crippen molar-refractivity contribution in [2.24, 2.45) is 0 Å². The third-order valence-electron chi connectivity index (χ3n) is 1.30. The van der Waals surface area contributed by atoms with Gasteiger partial charge in [-0.1, -0.05) is 6.58 Å². The minimum atomic E-state index is -3.78. The van der Waals surface area contributed by atoms with Gasteiger partial charge in [0.05, 0.1) is 10.9 Å². The minimum Gasteiger partial charge on any atom is -0.459 e. The van der Waals surface area contributed by atoms with Gasteiger partial charge >= 0.3 is 5.97 Å². The van der Waals surface area contributed by atoms with Crippen LogP contribution in [0.1, 0.15) is 6.92 Å². The maximum Gasteiger partial charge on any atom is 0.338 e. The third-order valence-corrected chi connectivity index (χ3v) is 2.16. The number of cyclic esters (lactones) is 1. The Morgan fingerprint density at radius 2 is 2.36 bits per heavy atom. The molecular formula is C7H10O6S. The first-order chi connectivity index (χ1) is 6.41. The SMILES string of the molecule is C=C1C=S(=O)(O)OOC(C)COC1=O. The van der Waals surface area contributed by atoms with Gasteiger partial charge in [-0.05, 0) is 6.92 Å². The second-order valence-corrected chi connectivity index (χ2v) is 4.13. The first kappa shape index (κ1) is 11.2. The number of hydrogen-bond donors (Lipinski definition) is 1. The summed E-state index contributed by atoms with van der Waals surface area (Å²) >= 11 is 0. The molecule has 14 heavy (non-hydrogen) atoms. The van der Waals surface area contributed by atoms with Crippen LogP contribution in [0.15, 0.2) is 12.2 Å². The molecule has 1 rings (SSSR count). The van der Waals surface area contributed by atoms with E-state index >= 15 is 0 Å². The molecule has 0 bridgehead atoms. The highest BCUT2D eigenvalue weighted by Gasteiger charge is 2.18. The van der Waals surface area contributed by atoms with Crippen LogP contribution in [-0.2, 0) is 28.8 Å². The highest BCUT2D eigenvalue weighted by atomic mass is 32.2. The number of esters is 1. The van der Waals surface area contributed by atoms with E-state index in [1.54, 1.807) is 0 Å². The van der Waals surface area contributed by atoms with Crippen LogP contribution < -0.4 is 0 Å². The van der Waals surface area contributed by atoms with Gasteiger partial charge in [0.15, 0.2) is 0 Å². The molecule has 0 aromatic rings. The Kier molecular flexibility index (Phi) is 3.27. The van der Waals surface area contributed by atoms with E-state index in [1.165, 1.54) is 6.92 Å². The van der Waals surface area contributed by atoms with Crippen LogP contribution in [0.5, 0.6) is 0 Å². The van der Waals surface area contributed by atoms with Crippen LogP contribution in [-0.4, -0.2) is 32.8 Å². The molecule has 0 aromatic carbocycles. The van der Waals surface area contributed by atoms with Crippen LogP contribution >= 0.6 is 0 Å². The number of carbonyl (C=O) groups is 1. The third kappa shape index (κ3) is 3.11. The minimum absolute atomic E-state index is 0.0682. The van der Waals surface area contributed by atoms with Crippen molar-refractivity contribution in [3.05, 3.63) is 12.2 Å². The quantitative estimate of drug-likeness (QED) is 0.267. The summed E-state index contributed by atoms with van der Waals surface area (Å²) in [6.45, 7) is 4.71. The summed E-state index contributed by atoms with van der Waals surface area (Å²) in [6.07, 6.45) is -0.619. The molecule has 2 atom stereocenters. The maximum absolute atomic E-state index is 11.1. The fraction of sp³-hybridized carbons (Fsp3) is 0.429. The van der Waals surface area contributed by atoms with Gasteiger partial charge in [0.1, 0.15) is 12.7 Å². The lowest BCUT2D eigenvalue weighted by molar-refractivity contribution is -0.245. The summed E-state index contributed by atoms with van der Waals surface area (Å²) < 4.78 is 29.1. The molecule has 0 saturated heterocycles. The van der Waals surface area contributed by atoms with E-state index in [-0.39, 0.29) is 12.2 Å². The number of rotatable bonds is 0. The van der Waals surface area contributed by atoms with Gasteiger partial charge in [-0.2, -0.15) is 0 Å². The summed E-state index contributed by atoms with van der Waals surface area (Å²) in [4.78, 5) is 15.6. The summed E-state index contributed by atoms with van der Waals surface area (Å²) in [7, 11) is -3.78. The average molecular weight is 222 g/mol. The van der Waals surface area contributed by atoms with Crippen molar-refractivity contribution < 1.29 is 27.5 Å². The molecule has 0 aromatic heterocycles. The van der Waals surface area contributed by atoms with Crippen molar-refractivity contribution in [1.82, 2.24) is 0 Å². The van der Waals surface area contributed by atoms with Gasteiger partial charge in [0, 0.05) is 0 Å². The topological polar surface area (TPSA) is 82.1 Å². The lowest BCUT2D eigenvalue weighted by Gasteiger charge is -2.09. The van der Waals surface area contributed by atoms with E-state index in [9.17, 15) is 9.00 Å². The van der Waals surface area contributed by atoms with E-state index in [0.717, 1.165) is 0 Å². The molecule has 0 spiro atoms. The zero-order valence-corrected chi connectivity index (χ0v) is 8.28. The second kappa shape index (κ2) is 4.09. The average Bonchev–Trinajstić information content (AvgIpc) is 2.12. The molecule has 0 fully saturated rings. The molecule has 0 radical (unpaired) electrons. The molecule has 0 amide bonds. The zero-order valence-electron chi connectivity index (χ0n) is 7.47. The van der Waals surface area contributed by atoms with Crippen molar-refractivity contribution >= 4 is 21.4 Å². The Labute approximate surface area is 81.4 Å². The predicted molar refractivity (Wildman–Crippen MR) is 48.6 cm³/mol. The highest BCUT2D eigenvalue weighted by molar-refractivity contribution is 7.92. The molecule has 1 heterocycles. The molecule has 6 nitrogen and oxygen atoms in total. The summed E-state index contributed by atoms with van der Waals surface area (Å²) in [6, 6.07) is 0. The van der Waals surface area contributed by atoms with Crippen molar-refractivity contribution in [1.29, 1.82) is 0 Å². The van der Waals surface area contributed by atoms with Crippen LogP contribution in [0.4, 0.5) is 0 Å². The Morgan fingerprint density at radius 1 is 1.71 bits per heavy atom. The Hall–Kier alpha value is -0.890. The lowest BCUT2D eigenvalue weighted by Crippen LogP contribution is -2.18. The van der Waals surface area contributed by atoms with Gasteiger partial charge in [-0.3, -0.25) is 4.55 Å². The molecule has 1 aliphatic rings. The highest BCUT2D eigenvalue weighted by Crippen LogP contribution is 2.05. The van der Waals surface area contributed by atoms with Crippen molar-refractivity contribution in [3.8, 4) is 0 Å². The van der Waals surface area contributed by atoms with Gasteiger partial charge in [-0.15, -0.1) is 4.33 Å². The lowest BCUT2D eigenvalue weighted by atomic mass is 10.3. The smallest absolute Gasteiger partial charge is 0.338 e. The van der Waals surface area contributed by atoms with Crippen molar-refractivity contribution in [2.45, 2.75) is 13.0 Å². The molecule has 2 unspecified atom stereocenters. The molecule has 7 heteroatoms. The molecule has 1 N–H and O–H groups in total. The molecule has 1 aliphatic heterocycles. The fourth-order valence-electron chi connectivity index (χ4n) is 0.684. The van der Waals surface area contributed by atoms with E-state index in [2.05, 4.69) is 20.5 Å². The number of hydrogen-bond acceptors (Lipinski definition) is 5. The normalized spacial score (nSPS) is 34.9. The molecule has 80 valence electrons. The zero-order chi connectivity index (χ0) is 10.8. The standard InChI is InChI=1S/C7H10O6S/c1-5-4-14(9,10)13-12-6(2)3-11-7(5)8/h4,6H,1,3H2,2H3,(H,9,10). The van der Waals surface area contributed by atoms with Gasteiger partial charge in [0.2, 0.25) is 10.1 Å². The first-order valence-corrected chi connectivity index (χ1v) is 5.23. The fourth-order valence-corrected chi connectivity index (χ4v) is 1.43. The maximum atomic E-state index is 11.1. The van der Waals surface area contributed by atoms with Crippen LogP contribution in [0.25, 0.3) is 0 Å². The Morgan fingerprint density at radius 3 is 3.00 bits per heavy atom. The summed E-state index contributed by atoms with van der Waals surface area (Å²) in [5, 5.41) is 0.660. The van der Waals surface area contributed by atoms with Gasteiger partial charge in [-0.25, -0.2) is 13.9 Å². The molecular weight excluding hydrogens is 212 g/mol. The Balaban J connectivity index is 2.96. The largest absolute Gasteiger partial charge is 0.459 e. The van der Waals surface area contributed by atoms with E-state index in [4.69, 9.17) is 4.55 Å². The summed E-state index contributed by atoms with van der Waals surface area (Å²) in [5.41, 5.74) is -0.241. The predicted octanol–water partition coefficient (Wildman–Crippen LogP) is -0.0893. The van der Waals surface area contributed by atoms with Gasteiger partial charge in [0.25, 0.3) is 0 Å². The first-order valence-electron chi connectivity index (χ1n) is 3.73. The van der Waals surface area contributed by atoms with Crippen LogP contribution in [0.3, 0.4) is 0 Å². The number of carbonyl (C=O) groups excluding carboxylic acids is 1. The molecule has 0 aliphatic carbocycles. The van der Waals surface area contributed by atoms with Crippen LogP contribution in [0, 0.1) is 0 Å². The number of ether oxygens (including phenoxy) is 1. The van der Waals surface area contributed by atoms with Gasteiger partial charge < -0.3 is 4.74 Å². The van der Waals surface area contributed by atoms with Crippen LogP contribution in [0.2, 0.25) is 0 Å². The second-order valence-electron chi connectivity index (χ2n) is 2.73. The van der Waals surface area contributed by atoms with E-state index < -0.39 is 22.2 Å². The molecule has 0 saturated carbocycles. The van der Waals surface area contributed by atoms with Crippen molar-refractivity contribution in [3.63, 3.8) is 0 Å². The Bertz CT molecular complexity index is 364. The monoisotopic (exact) mass is 222 g/mol. The summed E-state index contributed by atoms with van der Waals surface area (Å²) in [5.74, 6) is -0.771. The van der Waals surface area contributed by atoms with E-state index in [0.29, 0.717) is 5.37 Å². The van der Waals surface area contributed by atoms with E-state index in [1.807, 2.05) is 0 Å².